The van der Waals surface area contributed by atoms with Crippen LogP contribution in [-0.4, -0.2) is 36.0 Å². The van der Waals surface area contributed by atoms with Crippen LogP contribution in [0.3, 0.4) is 0 Å². The summed E-state index contributed by atoms with van der Waals surface area (Å²) in [5.74, 6) is 0. The lowest BCUT2D eigenvalue weighted by molar-refractivity contribution is 0.502. The maximum absolute atomic E-state index is 11.7. The van der Waals surface area contributed by atoms with Crippen molar-refractivity contribution in [3.05, 3.63) is 15.9 Å². The molecule has 80 valence electrons. The van der Waals surface area contributed by atoms with Crippen molar-refractivity contribution in [2.75, 3.05) is 14.1 Å². The second-order valence-corrected chi connectivity index (χ2v) is 5.88. The first-order valence-electron chi connectivity index (χ1n) is 3.93. The Morgan fingerprint density at radius 1 is 1.36 bits per heavy atom. The molecule has 0 aliphatic carbocycles. The van der Waals surface area contributed by atoms with E-state index in [1.165, 1.54) is 14.1 Å². The fraction of sp³-hybridized carbons (Fsp3) is 0.571. The van der Waals surface area contributed by atoms with Gasteiger partial charge in [-0.25, -0.2) is 0 Å². The molecule has 0 atom stereocenters. The van der Waals surface area contributed by atoms with E-state index in [9.17, 15) is 8.42 Å². The van der Waals surface area contributed by atoms with Crippen LogP contribution >= 0.6 is 15.9 Å². The first-order valence-corrected chi connectivity index (χ1v) is 6.12. The molecule has 0 radical (unpaired) electrons. The van der Waals surface area contributed by atoms with Gasteiger partial charge in [0.25, 0.3) is 0 Å². The van der Waals surface area contributed by atoms with E-state index in [0.29, 0.717) is 11.4 Å². The summed E-state index contributed by atoms with van der Waals surface area (Å²) in [7, 11) is -0.557. The molecule has 1 aromatic rings. The standard InChI is InChI=1S/C7H12BrN3O2S/c1-5-7(8)6(2)11(9-5)14(12,13)10(3)4/h1-4H3. The molecule has 14 heavy (non-hydrogen) atoms. The van der Waals surface area contributed by atoms with Crippen molar-refractivity contribution in [1.29, 1.82) is 0 Å². The van der Waals surface area contributed by atoms with E-state index in [1.54, 1.807) is 13.8 Å². The monoisotopic (exact) mass is 281 g/mol. The van der Waals surface area contributed by atoms with Crippen LogP contribution < -0.4 is 0 Å². The molecule has 0 amide bonds. The minimum atomic E-state index is -3.50. The zero-order valence-electron chi connectivity index (χ0n) is 8.44. The number of hydrogen-bond donors (Lipinski definition) is 0. The van der Waals surface area contributed by atoms with Crippen molar-refractivity contribution in [3.63, 3.8) is 0 Å². The summed E-state index contributed by atoms with van der Waals surface area (Å²) >= 11 is 3.28. The first-order chi connectivity index (χ1) is 6.28. The third-order valence-electron chi connectivity index (χ3n) is 1.84. The Bertz CT molecular complexity index is 450. The van der Waals surface area contributed by atoms with Crippen LogP contribution in [0.2, 0.25) is 0 Å². The lowest BCUT2D eigenvalue weighted by atomic mass is 10.4. The molecule has 5 nitrogen and oxygen atoms in total. The number of aromatic nitrogens is 2. The highest BCUT2D eigenvalue weighted by molar-refractivity contribution is 9.10. The molecule has 0 saturated heterocycles. The average molecular weight is 282 g/mol. The summed E-state index contributed by atoms with van der Waals surface area (Å²) in [5.41, 5.74) is 1.24. The van der Waals surface area contributed by atoms with Crippen LogP contribution in [0.5, 0.6) is 0 Å². The number of rotatable bonds is 2. The van der Waals surface area contributed by atoms with E-state index < -0.39 is 10.2 Å². The molecule has 0 spiro atoms. The van der Waals surface area contributed by atoms with E-state index in [1.807, 2.05) is 0 Å². The fourth-order valence-corrected chi connectivity index (χ4v) is 2.32. The maximum Gasteiger partial charge on any atom is 0.322 e. The largest absolute Gasteiger partial charge is 0.322 e. The third kappa shape index (κ3) is 1.71. The van der Waals surface area contributed by atoms with Crippen LogP contribution in [0.1, 0.15) is 11.4 Å². The van der Waals surface area contributed by atoms with E-state index in [-0.39, 0.29) is 0 Å². The van der Waals surface area contributed by atoms with Crippen molar-refractivity contribution in [2.24, 2.45) is 0 Å². The smallest absolute Gasteiger partial charge is 0.189 e. The van der Waals surface area contributed by atoms with Crippen LogP contribution in [0.25, 0.3) is 0 Å². The van der Waals surface area contributed by atoms with Gasteiger partial charge in [0, 0.05) is 14.1 Å². The highest BCUT2D eigenvalue weighted by Gasteiger charge is 2.22. The molecule has 1 heterocycles. The van der Waals surface area contributed by atoms with Crippen LogP contribution in [0.4, 0.5) is 0 Å². The topological polar surface area (TPSA) is 55.2 Å². The Labute approximate surface area is 92.0 Å². The molecule has 0 saturated carbocycles. The predicted octanol–water partition coefficient (Wildman–Crippen LogP) is 0.917. The van der Waals surface area contributed by atoms with Crippen molar-refractivity contribution in [2.45, 2.75) is 13.8 Å². The molecule has 0 aliphatic heterocycles. The maximum atomic E-state index is 11.7. The normalized spacial score (nSPS) is 12.4. The van der Waals surface area contributed by atoms with Gasteiger partial charge in [-0.05, 0) is 29.8 Å². The second-order valence-electron chi connectivity index (χ2n) is 3.12. The minimum Gasteiger partial charge on any atom is -0.189 e. The minimum absolute atomic E-state index is 0.580. The molecular formula is C7H12BrN3O2S. The Morgan fingerprint density at radius 3 is 2.14 bits per heavy atom. The summed E-state index contributed by atoms with van der Waals surface area (Å²) in [6.45, 7) is 3.45. The number of halogens is 1. The van der Waals surface area contributed by atoms with Gasteiger partial charge in [0.1, 0.15) is 0 Å². The Kier molecular flexibility index (Phi) is 3.03. The summed E-state index contributed by atoms with van der Waals surface area (Å²) < 4.78 is 26.3. The molecular weight excluding hydrogens is 270 g/mol. The van der Waals surface area contributed by atoms with Gasteiger partial charge in [-0.15, -0.1) is 4.09 Å². The zero-order valence-corrected chi connectivity index (χ0v) is 10.8. The molecule has 0 N–H and O–H groups in total. The molecule has 7 heteroatoms. The first kappa shape index (κ1) is 11.7. The van der Waals surface area contributed by atoms with Crippen LogP contribution in [0.15, 0.2) is 4.47 Å². The molecule has 1 rings (SSSR count). The van der Waals surface area contributed by atoms with Gasteiger partial charge in [-0.2, -0.15) is 17.8 Å². The molecule has 0 aliphatic rings. The summed E-state index contributed by atoms with van der Waals surface area (Å²) in [6.07, 6.45) is 0. The van der Waals surface area contributed by atoms with E-state index in [0.717, 1.165) is 12.9 Å². The lowest BCUT2D eigenvalue weighted by Crippen LogP contribution is -2.30. The Balaban J connectivity index is 3.42. The number of nitrogens with zero attached hydrogens (tertiary/aromatic N) is 3. The molecule has 0 fully saturated rings. The fourth-order valence-electron chi connectivity index (χ4n) is 0.980. The van der Waals surface area contributed by atoms with Gasteiger partial charge >= 0.3 is 10.2 Å². The van der Waals surface area contributed by atoms with Crippen molar-refractivity contribution in [1.82, 2.24) is 13.5 Å². The predicted molar refractivity (Wildman–Crippen MR) is 57.4 cm³/mol. The van der Waals surface area contributed by atoms with E-state index in [4.69, 9.17) is 0 Å². The lowest BCUT2D eigenvalue weighted by Gasteiger charge is -2.11. The highest BCUT2D eigenvalue weighted by atomic mass is 79.9. The second kappa shape index (κ2) is 3.63. The summed E-state index contributed by atoms with van der Waals surface area (Å²) in [4.78, 5) is 0. The van der Waals surface area contributed by atoms with E-state index >= 15 is 0 Å². The average Bonchev–Trinajstić information content (AvgIpc) is 2.33. The van der Waals surface area contributed by atoms with Gasteiger partial charge in [-0.3, -0.25) is 0 Å². The third-order valence-corrected chi connectivity index (χ3v) is 4.71. The van der Waals surface area contributed by atoms with E-state index in [2.05, 4.69) is 21.0 Å². The van der Waals surface area contributed by atoms with Crippen molar-refractivity contribution >= 4 is 26.1 Å². The van der Waals surface area contributed by atoms with Crippen molar-refractivity contribution in [3.8, 4) is 0 Å². The summed E-state index contributed by atoms with van der Waals surface area (Å²) in [5, 5.41) is 3.94. The van der Waals surface area contributed by atoms with Gasteiger partial charge in [0.05, 0.1) is 15.9 Å². The zero-order chi connectivity index (χ0) is 11.1. The number of hydrogen-bond acceptors (Lipinski definition) is 3. The quantitative estimate of drug-likeness (QED) is 0.810. The molecule has 0 bridgehead atoms. The van der Waals surface area contributed by atoms with Gasteiger partial charge in [-0.1, -0.05) is 0 Å². The Hall–Kier alpha value is -0.400. The van der Waals surface area contributed by atoms with Crippen LogP contribution in [-0.2, 0) is 10.2 Å². The highest BCUT2D eigenvalue weighted by Crippen LogP contribution is 2.21. The Morgan fingerprint density at radius 2 is 1.86 bits per heavy atom. The SMILES string of the molecule is Cc1nn(S(=O)(=O)N(C)C)c(C)c1Br. The number of aryl methyl sites for hydroxylation is 1. The molecule has 1 aromatic heterocycles. The summed E-state index contributed by atoms with van der Waals surface area (Å²) in [6, 6.07) is 0. The molecule has 0 unspecified atom stereocenters. The van der Waals surface area contributed by atoms with Gasteiger partial charge < -0.3 is 0 Å². The van der Waals surface area contributed by atoms with Crippen molar-refractivity contribution < 1.29 is 8.42 Å². The van der Waals surface area contributed by atoms with Crippen LogP contribution in [0, 0.1) is 13.8 Å². The molecule has 0 aromatic carbocycles. The van der Waals surface area contributed by atoms with Gasteiger partial charge in [0.2, 0.25) is 0 Å². The van der Waals surface area contributed by atoms with Gasteiger partial charge in [0.15, 0.2) is 0 Å².